The Hall–Kier alpha value is -3.28. The average Bonchev–Trinajstić information content (AvgIpc) is 2.48. The minimum Gasteiger partial charge on any atom is -0.481 e. The lowest BCUT2D eigenvalue weighted by Crippen LogP contribution is -2.45. The molecule has 0 saturated heterocycles. The standard InChI is InChI=1S/C12H10O12/c13-2-1-6-3-8(16)21-24-11(19)12(20,4-7(14)15)5-9(17)22-23-10(6)18/h2-3,20H,1,4-5H2,(H,14,15)/b6-3+. The van der Waals surface area contributed by atoms with Gasteiger partial charge in [-0.2, -0.15) is 0 Å². The monoisotopic (exact) mass is 346 g/mol. The molecule has 0 aromatic heterocycles. The molecule has 0 aromatic rings. The summed E-state index contributed by atoms with van der Waals surface area (Å²) in [6.07, 6.45) is -2.54. The van der Waals surface area contributed by atoms with Crippen LogP contribution in [0.15, 0.2) is 11.6 Å². The third-order valence-corrected chi connectivity index (χ3v) is 2.53. The maximum Gasteiger partial charge on any atom is 0.387 e. The molecule has 0 fully saturated rings. The molecular weight excluding hydrogens is 336 g/mol. The SMILES string of the molecule is O=CC/C1=C\C(=O)OOC(=O)C(O)(CC(=O)O)CC(=O)OOC1=O. The van der Waals surface area contributed by atoms with Crippen LogP contribution in [0, 0.1) is 0 Å². The van der Waals surface area contributed by atoms with Gasteiger partial charge in [-0.3, -0.25) is 4.79 Å². The van der Waals surface area contributed by atoms with Gasteiger partial charge in [0, 0.05) is 12.5 Å². The first-order chi connectivity index (χ1) is 11.2. The van der Waals surface area contributed by atoms with E-state index < -0.39 is 60.3 Å². The molecule has 1 aliphatic rings. The molecule has 2 N–H and O–H groups in total. The summed E-state index contributed by atoms with van der Waals surface area (Å²) in [7, 11) is 0. The van der Waals surface area contributed by atoms with E-state index in [1.165, 1.54) is 0 Å². The van der Waals surface area contributed by atoms with E-state index in [-0.39, 0.29) is 6.29 Å². The number of hydrogen-bond acceptors (Lipinski definition) is 11. The summed E-state index contributed by atoms with van der Waals surface area (Å²) in [6, 6.07) is 0. The van der Waals surface area contributed by atoms with Crippen molar-refractivity contribution in [1.29, 1.82) is 0 Å². The first-order valence-corrected chi connectivity index (χ1v) is 6.11. The van der Waals surface area contributed by atoms with Crippen molar-refractivity contribution < 1.29 is 58.5 Å². The Kier molecular flexibility index (Phi) is 6.12. The van der Waals surface area contributed by atoms with Crippen LogP contribution >= 0.6 is 0 Å². The van der Waals surface area contributed by atoms with Gasteiger partial charge in [-0.25, -0.2) is 38.7 Å². The fraction of sp³-hybridized carbons (Fsp3) is 0.333. The quantitative estimate of drug-likeness (QED) is 0.427. The minimum absolute atomic E-state index is 0.228. The summed E-state index contributed by atoms with van der Waals surface area (Å²) in [5, 5.41) is 18.6. The summed E-state index contributed by atoms with van der Waals surface area (Å²) in [5.74, 6) is -7.80. The summed E-state index contributed by atoms with van der Waals surface area (Å²) in [4.78, 5) is 83.1. The van der Waals surface area contributed by atoms with E-state index in [0.717, 1.165) is 0 Å². The van der Waals surface area contributed by atoms with Crippen molar-refractivity contribution in [2.75, 3.05) is 0 Å². The van der Waals surface area contributed by atoms with Crippen LogP contribution in [0.1, 0.15) is 19.3 Å². The van der Waals surface area contributed by atoms with Crippen LogP contribution in [0.4, 0.5) is 0 Å². The van der Waals surface area contributed by atoms with Crippen LogP contribution in [0.3, 0.4) is 0 Å². The number of carbonyl (C=O) groups is 6. The first kappa shape index (κ1) is 18.8. The molecule has 0 saturated carbocycles. The van der Waals surface area contributed by atoms with Crippen molar-refractivity contribution in [2.24, 2.45) is 0 Å². The number of carboxylic acids is 1. The molecule has 0 spiro atoms. The van der Waals surface area contributed by atoms with Crippen molar-refractivity contribution in [1.82, 2.24) is 0 Å². The van der Waals surface area contributed by atoms with Gasteiger partial charge in [-0.1, -0.05) is 0 Å². The largest absolute Gasteiger partial charge is 0.481 e. The molecule has 0 amide bonds. The highest BCUT2D eigenvalue weighted by Gasteiger charge is 2.45. The summed E-state index contributed by atoms with van der Waals surface area (Å²) in [6.45, 7) is 0. The summed E-state index contributed by atoms with van der Waals surface area (Å²) < 4.78 is 0. The Balaban J connectivity index is 3.10. The zero-order valence-electron chi connectivity index (χ0n) is 11.8. The van der Waals surface area contributed by atoms with Crippen LogP contribution in [-0.2, 0) is 48.3 Å². The van der Waals surface area contributed by atoms with Crippen molar-refractivity contribution >= 4 is 36.1 Å². The smallest absolute Gasteiger partial charge is 0.387 e. The van der Waals surface area contributed by atoms with Crippen LogP contribution in [-0.4, -0.2) is 51.9 Å². The molecular formula is C12H10O12. The predicted octanol–water partition coefficient (Wildman–Crippen LogP) is -1.89. The lowest BCUT2D eigenvalue weighted by molar-refractivity contribution is -0.273. The molecule has 24 heavy (non-hydrogen) atoms. The Morgan fingerprint density at radius 3 is 2.42 bits per heavy atom. The van der Waals surface area contributed by atoms with Gasteiger partial charge in [0.2, 0.25) is 0 Å². The van der Waals surface area contributed by atoms with Gasteiger partial charge < -0.3 is 15.0 Å². The Morgan fingerprint density at radius 1 is 1.17 bits per heavy atom. The normalized spacial score (nSPS) is 24.8. The predicted molar refractivity (Wildman–Crippen MR) is 65.0 cm³/mol. The molecule has 0 radical (unpaired) electrons. The highest BCUT2D eigenvalue weighted by atomic mass is 17.2. The molecule has 1 atom stereocenters. The van der Waals surface area contributed by atoms with E-state index in [4.69, 9.17) is 5.11 Å². The fourth-order valence-corrected chi connectivity index (χ4v) is 1.48. The van der Waals surface area contributed by atoms with Crippen LogP contribution in [0.5, 0.6) is 0 Å². The average molecular weight is 346 g/mol. The summed E-state index contributed by atoms with van der Waals surface area (Å²) in [5.41, 5.74) is -3.52. The van der Waals surface area contributed by atoms with Crippen molar-refractivity contribution in [3.63, 3.8) is 0 Å². The van der Waals surface area contributed by atoms with Crippen molar-refractivity contribution in [3.05, 3.63) is 11.6 Å². The van der Waals surface area contributed by atoms with Gasteiger partial charge in [0.05, 0.1) is 18.4 Å². The van der Waals surface area contributed by atoms with E-state index in [9.17, 15) is 33.9 Å². The van der Waals surface area contributed by atoms with E-state index in [0.29, 0.717) is 6.08 Å². The number of carbonyl (C=O) groups excluding carboxylic acids is 5. The maximum absolute atomic E-state index is 11.6. The zero-order chi connectivity index (χ0) is 18.3. The third kappa shape index (κ3) is 5.17. The topological polar surface area (TPSA) is 180 Å². The number of carboxylic acid groups (broad SMARTS) is 1. The summed E-state index contributed by atoms with van der Waals surface area (Å²) >= 11 is 0. The van der Waals surface area contributed by atoms with Gasteiger partial charge in [0.1, 0.15) is 6.29 Å². The maximum atomic E-state index is 11.6. The van der Waals surface area contributed by atoms with Crippen LogP contribution in [0.25, 0.3) is 0 Å². The highest BCUT2D eigenvalue weighted by molar-refractivity contribution is 5.99. The van der Waals surface area contributed by atoms with Gasteiger partial charge in [-0.15, -0.1) is 0 Å². The molecule has 0 aliphatic carbocycles. The molecule has 1 heterocycles. The fourth-order valence-electron chi connectivity index (χ4n) is 1.48. The molecule has 12 nitrogen and oxygen atoms in total. The van der Waals surface area contributed by atoms with Crippen LogP contribution in [0.2, 0.25) is 0 Å². The van der Waals surface area contributed by atoms with Gasteiger partial charge in [-0.05, 0) is 0 Å². The number of aliphatic hydroxyl groups is 1. The van der Waals surface area contributed by atoms with E-state index in [1.807, 2.05) is 0 Å². The van der Waals surface area contributed by atoms with E-state index >= 15 is 0 Å². The third-order valence-electron chi connectivity index (χ3n) is 2.53. The number of aliphatic carboxylic acids is 1. The molecule has 1 aliphatic heterocycles. The van der Waals surface area contributed by atoms with Gasteiger partial charge in [0.15, 0.2) is 5.60 Å². The van der Waals surface area contributed by atoms with Gasteiger partial charge >= 0.3 is 29.8 Å². The second kappa shape index (κ2) is 7.82. The first-order valence-electron chi connectivity index (χ1n) is 6.11. The Bertz CT molecular complexity index is 618. The number of hydrogen-bond donors (Lipinski definition) is 2. The van der Waals surface area contributed by atoms with Crippen molar-refractivity contribution in [2.45, 2.75) is 24.9 Å². The molecule has 0 bridgehead atoms. The second-order valence-corrected chi connectivity index (χ2v) is 4.42. The minimum atomic E-state index is -2.94. The molecule has 0 aromatic carbocycles. The van der Waals surface area contributed by atoms with Crippen molar-refractivity contribution in [3.8, 4) is 0 Å². The molecule has 12 heteroatoms. The highest BCUT2D eigenvalue weighted by Crippen LogP contribution is 2.20. The zero-order valence-corrected chi connectivity index (χ0v) is 11.8. The molecule has 130 valence electrons. The lowest BCUT2D eigenvalue weighted by Gasteiger charge is -2.21. The lowest BCUT2D eigenvalue weighted by atomic mass is 9.96. The number of rotatable bonds is 4. The second-order valence-electron chi connectivity index (χ2n) is 4.42. The molecule has 1 rings (SSSR count). The Labute approximate surface area is 132 Å². The van der Waals surface area contributed by atoms with E-state index in [2.05, 4.69) is 19.6 Å². The number of aldehydes is 1. The molecule has 1 unspecified atom stereocenters. The van der Waals surface area contributed by atoms with Gasteiger partial charge in [0.25, 0.3) is 0 Å². The Morgan fingerprint density at radius 2 is 1.83 bits per heavy atom. The van der Waals surface area contributed by atoms with E-state index in [1.54, 1.807) is 0 Å². The van der Waals surface area contributed by atoms with Crippen LogP contribution < -0.4 is 0 Å².